The summed E-state index contributed by atoms with van der Waals surface area (Å²) in [6.45, 7) is 7.78. The van der Waals surface area contributed by atoms with E-state index in [9.17, 15) is 13.2 Å². The Labute approximate surface area is 112 Å². The van der Waals surface area contributed by atoms with Crippen molar-refractivity contribution in [3.63, 3.8) is 0 Å². The lowest BCUT2D eigenvalue weighted by Gasteiger charge is -2.04. The maximum atomic E-state index is 12.0. The Morgan fingerprint density at radius 3 is 2.63 bits per heavy atom. The Balaban J connectivity index is 3.10. The van der Waals surface area contributed by atoms with Crippen LogP contribution >= 0.6 is 0 Å². The fourth-order valence-corrected chi connectivity index (χ4v) is 2.67. The molecule has 0 amide bonds. The van der Waals surface area contributed by atoms with Crippen LogP contribution in [0.15, 0.2) is 29.3 Å². The predicted molar refractivity (Wildman–Crippen MR) is 71.7 cm³/mol. The van der Waals surface area contributed by atoms with Crippen molar-refractivity contribution in [1.29, 1.82) is 0 Å². The Hall–Kier alpha value is -1.60. The van der Waals surface area contributed by atoms with Crippen LogP contribution in [0.5, 0.6) is 0 Å². The first-order valence-electron chi connectivity index (χ1n) is 5.85. The minimum atomic E-state index is -3.70. The highest BCUT2D eigenvalue weighted by Crippen LogP contribution is 2.15. The molecule has 2 N–H and O–H groups in total. The van der Waals surface area contributed by atoms with Crippen molar-refractivity contribution in [1.82, 2.24) is 9.29 Å². The number of hydrogen-bond acceptors (Lipinski definition) is 3. The van der Waals surface area contributed by atoms with Gasteiger partial charge < -0.3 is 9.67 Å². The number of rotatable bonds is 7. The minimum Gasteiger partial charge on any atom is -0.477 e. The molecule has 1 heterocycles. The minimum absolute atomic E-state index is 0.0300. The molecule has 0 spiro atoms. The molecular weight excluding hydrogens is 268 g/mol. The highest BCUT2D eigenvalue weighted by Gasteiger charge is 2.20. The van der Waals surface area contributed by atoms with E-state index in [-0.39, 0.29) is 17.1 Å². The Morgan fingerprint density at radius 1 is 1.53 bits per heavy atom. The van der Waals surface area contributed by atoms with Crippen LogP contribution in [0, 0.1) is 0 Å². The molecule has 0 unspecified atom stereocenters. The lowest BCUT2D eigenvalue weighted by atomic mass is 10.4. The van der Waals surface area contributed by atoms with Crippen LogP contribution in [-0.2, 0) is 16.6 Å². The number of nitrogens with zero attached hydrogens (tertiary/aromatic N) is 1. The first kappa shape index (κ1) is 15.5. The van der Waals surface area contributed by atoms with Crippen molar-refractivity contribution >= 4 is 16.0 Å². The average Bonchev–Trinajstić information content (AvgIpc) is 2.72. The van der Waals surface area contributed by atoms with Crippen molar-refractivity contribution < 1.29 is 18.3 Å². The number of carboxylic acids is 1. The molecule has 0 atom stereocenters. The van der Waals surface area contributed by atoms with E-state index in [0.29, 0.717) is 18.5 Å². The number of aryl methyl sites for hydroxylation is 1. The van der Waals surface area contributed by atoms with Gasteiger partial charge in [-0.05, 0) is 19.4 Å². The lowest BCUT2D eigenvalue weighted by molar-refractivity contribution is 0.0685. The molecule has 0 aliphatic carbocycles. The zero-order valence-electron chi connectivity index (χ0n) is 11.0. The van der Waals surface area contributed by atoms with Crippen LogP contribution in [0.25, 0.3) is 0 Å². The molecule has 0 bridgehead atoms. The number of hydrogen-bond donors (Lipinski definition) is 2. The largest absolute Gasteiger partial charge is 0.477 e. The van der Waals surface area contributed by atoms with Gasteiger partial charge in [0, 0.05) is 19.3 Å². The molecule has 0 aliphatic heterocycles. The van der Waals surface area contributed by atoms with Gasteiger partial charge in [-0.15, -0.1) is 0 Å². The predicted octanol–water partition coefficient (Wildman–Crippen LogP) is 1.45. The molecule has 6 nitrogen and oxygen atoms in total. The topological polar surface area (TPSA) is 88.4 Å². The van der Waals surface area contributed by atoms with Gasteiger partial charge in [0.1, 0.15) is 10.6 Å². The van der Waals surface area contributed by atoms with Crippen molar-refractivity contribution in [2.24, 2.45) is 0 Å². The summed E-state index contributed by atoms with van der Waals surface area (Å²) in [7, 11) is -3.70. The van der Waals surface area contributed by atoms with Gasteiger partial charge in [-0.3, -0.25) is 0 Å². The number of carboxylic acid groups (broad SMARTS) is 1. The van der Waals surface area contributed by atoms with Crippen molar-refractivity contribution in [2.45, 2.75) is 31.7 Å². The summed E-state index contributed by atoms with van der Waals surface area (Å²) >= 11 is 0. The normalized spacial score (nSPS) is 11.5. The zero-order chi connectivity index (χ0) is 14.6. The van der Waals surface area contributed by atoms with Gasteiger partial charge >= 0.3 is 5.97 Å². The highest BCUT2D eigenvalue weighted by molar-refractivity contribution is 7.89. The molecule has 0 aromatic carbocycles. The summed E-state index contributed by atoms with van der Waals surface area (Å²) < 4.78 is 27.7. The third kappa shape index (κ3) is 3.93. The number of sulfonamides is 1. The van der Waals surface area contributed by atoms with Gasteiger partial charge in [0.05, 0.1) is 0 Å². The molecule has 1 aromatic heterocycles. The van der Waals surface area contributed by atoms with Crippen LogP contribution in [0.4, 0.5) is 0 Å². The molecule has 1 rings (SSSR count). The summed E-state index contributed by atoms with van der Waals surface area (Å²) in [6, 6.07) is 1.17. The number of aromatic carboxylic acids is 1. The van der Waals surface area contributed by atoms with Crippen molar-refractivity contribution in [2.75, 3.05) is 6.54 Å². The maximum absolute atomic E-state index is 12.0. The van der Waals surface area contributed by atoms with Gasteiger partial charge in [0.15, 0.2) is 0 Å². The van der Waals surface area contributed by atoms with E-state index in [1.807, 2.05) is 6.92 Å². The Morgan fingerprint density at radius 2 is 2.16 bits per heavy atom. The van der Waals surface area contributed by atoms with E-state index >= 15 is 0 Å². The molecule has 7 heteroatoms. The van der Waals surface area contributed by atoms with Crippen molar-refractivity contribution in [3.8, 4) is 0 Å². The average molecular weight is 286 g/mol. The number of aromatic nitrogens is 1. The molecule has 1 aromatic rings. The molecule has 0 saturated heterocycles. The molecule has 19 heavy (non-hydrogen) atoms. The zero-order valence-corrected chi connectivity index (χ0v) is 11.8. The van der Waals surface area contributed by atoms with Crippen LogP contribution in [0.2, 0.25) is 0 Å². The Kier molecular flexibility index (Phi) is 4.90. The molecular formula is C12H18N2O4S. The number of carbonyl (C=O) groups is 1. The summed E-state index contributed by atoms with van der Waals surface area (Å²) in [5.74, 6) is -1.14. The summed E-state index contributed by atoms with van der Waals surface area (Å²) in [6.07, 6.45) is 2.06. The first-order chi connectivity index (χ1) is 8.77. The third-order valence-electron chi connectivity index (χ3n) is 2.43. The second-order valence-corrected chi connectivity index (χ2v) is 6.11. The molecule has 0 fully saturated rings. The van der Waals surface area contributed by atoms with Crippen LogP contribution < -0.4 is 4.72 Å². The summed E-state index contributed by atoms with van der Waals surface area (Å²) in [4.78, 5) is 11.0. The fourth-order valence-electron chi connectivity index (χ4n) is 1.54. The smallest absolute Gasteiger partial charge is 0.352 e. The van der Waals surface area contributed by atoms with Crippen LogP contribution in [-0.4, -0.2) is 30.6 Å². The maximum Gasteiger partial charge on any atom is 0.352 e. The van der Waals surface area contributed by atoms with Gasteiger partial charge in [0.25, 0.3) is 0 Å². The van der Waals surface area contributed by atoms with Gasteiger partial charge in [-0.1, -0.05) is 19.1 Å². The fraction of sp³-hybridized carbons (Fsp3) is 0.417. The number of nitrogens with one attached hydrogen (secondary N) is 1. The third-order valence-corrected chi connectivity index (χ3v) is 3.80. The molecule has 0 saturated carbocycles. The quantitative estimate of drug-likeness (QED) is 0.743. The molecule has 0 aliphatic rings. The molecule has 106 valence electrons. The SMILES string of the molecule is C=C(C)CNS(=O)(=O)c1cc(C(=O)O)n(CCC)c1. The second kappa shape index (κ2) is 6.03. The van der Waals surface area contributed by atoms with Crippen LogP contribution in [0.1, 0.15) is 30.8 Å². The highest BCUT2D eigenvalue weighted by atomic mass is 32.2. The second-order valence-electron chi connectivity index (χ2n) is 4.34. The van der Waals surface area contributed by atoms with E-state index in [1.54, 1.807) is 6.92 Å². The van der Waals surface area contributed by atoms with E-state index in [2.05, 4.69) is 11.3 Å². The van der Waals surface area contributed by atoms with E-state index in [1.165, 1.54) is 16.8 Å². The summed E-state index contributed by atoms with van der Waals surface area (Å²) in [5.41, 5.74) is 0.646. The Bertz CT molecular complexity index is 587. The summed E-state index contributed by atoms with van der Waals surface area (Å²) in [5, 5.41) is 9.04. The van der Waals surface area contributed by atoms with E-state index in [4.69, 9.17) is 5.11 Å². The molecule has 0 radical (unpaired) electrons. The monoisotopic (exact) mass is 286 g/mol. The van der Waals surface area contributed by atoms with E-state index in [0.717, 1.165) is 0 Å². The van der Waals surface area contributed by atoms with Gasteiger partial charge in [-0.2, -0.15) is 0 Å². The first-order valence-corrected chi connectivity index (χ1v) is 7.33. The van der Waals surface area contributed by atoms with E-state index < -0.39 is 16.0 Å². The van der Waals surface area contributed by atoms with Gasteiger partial charge in [0.2, 0.25) is 10.0 Å². The van der Waals surface area contributed by atoms with Gasteiger partial charge in [-0.25, -0.2) is 17.9 Å². The lowest BCUT2D eigenvalue weighted by Crippen LogP contribution is -2.24. The standard InChI is InChI=1S/C12H18N2O4S/c1-4-5-14-8-10(6-11(14)12(15)16)19(17,18)13-7-9(2)3/h6,8,13H,2,4-5,7H2,1,3H3,(H,15,16). The van der Waals surface area contributed by atoms with Crippen molar-refractivity contribution in [3.05, 3.63) is 30.1 Å². The van der Waals surface area contributed by atoms with Crippen LogP contribution in [0.3, 0.4) is 0 Å².